The predicted octanol–water partition coefficient (Wildman–Crippen LogP) is 11.8. The lowest BCUT2D eigenvalue weighted by Crippen LogP contribution is -2.35. The third-order valence-corrected chi connectivity index (χ3v) is 10.9. The van der Waals surface area contributed by atoms with Gasteiger partial charge in [-0.1, -0.05) is 47.5 Å². The Hall–Kier alpha value is -5.86. The summed E-state index contributed by atoms with van der Waals surface area (Å²) in [5, 5.41) is 7.69. The average Bonchev–Trinajstić information content (AvgIpc) is 3.93. The van der Waals surface area contributed by atoms with Crippen LogP contribution in [0.1, 0.15) is 77.3 Å². The van der Waals surface area contributed by atoms with E-state index in [9.17, 15) is 18.4 Å². The van der Waals surface area contributed by atoms with Gasteiger partial charge in [-0.2, -0.15) is 0 Å². The zero-order valence-corrected chi connectivity index (χ0v) is 36.8. The number of ether oxygens (including phenoxy) is 2. The van der Waals surface area contributed by atoms with Crippen LogP contribution in [0.4, 0.5) is 41.4 Å². The normalized spacial score (nSPS) is 16.5. The number of halogens is 4. The molecule has 2 saturated heterocycles. The summed E-state index contributed by atoms with van der Waals surface area (Å²) in [6.07, 6.45) is 3.96. The van der Waals surface area contributed by atoms with Crippen molar-refractivity contribution in [3.63, 3.8) is 0 Å². The molecule has 62 heavy (non-hydrogen) atoms. The summed E-state index contributed by atoms with van der Waals surface area (Å²) in [6.45, 7) is 13.6. The van der Waals surface area contributed by atoms with Gasteiger partial charge >= 0.3 is 12.2 Å². The van der Waals surface area contributed by atoms with Crippen molar-refractivity contribution in [1.29, 1.82) is 0 Å². The second kappa shape index (κ2) is 18.2. The first-order valence-corrected chi connectivity index (χ1v) is 21.1. The number of aromatic nitrogens is 4. The van der Waals surface area contributed by atoms with Gasteiger partial charge in [0, 0.05) is 48.8 Å². The lowest BCUT2D eigenvalue weighted by molar-refractivity contribution is 0.0282. The van der Waals surface area contributed by atoms with Crippen LogP contribution < -0.4 is 10.6 Å². The van der Waals surface area contributed by atoms with Crippen LogP contribution in [0, 0.1) is 11.6 Å². The highest BCUT2D eigenvalue weighted by atomic mass is 35.5. The Morgan fingerprint density at radius 3 is 1.42 bits per heavy atom. The van der Waals surface area contributed by atoms with E-state index in [1.165, 1.54) is 24.8 Å². The first kappa shape index (κ1) is 44.2. The minimum Gasteiger partial charge on any atom is -0.444 e. The molecule has 2 aliphatic heterocycles. The monoisotopic (exact) mass is 884 g/mol. The van der Waals surface area contributed by atoms with Gasteiger partial charge in [0.2, 0.25) is 0 Å². The summed E-state index contributed by atoms with van der Waals surface area (Å²) in [7, 11) is 0. The maximum absolute atomic E-state index is 14.4. The van der Waals surface area contributed by atoms with Crippen molar-refractivity contribution in [1.82, 2.24) is 29.7 Å². The Bertz CT molecular complexity index is 2440. The first-order valence-electron chi connectivity index (χ1n) is 20.3. The molecule has 0 aliphatic carbocycles. The molecule has 2 fully saturated rings. The summed E-state index contributed by atoms with van der Waals surface area (Å²) in [6, 6.07) is 21.4. The van der Waals surface area contributed by atoms with Crippen molar-refractivity contribution >= 4 is 80.2 Å². The second-order valence-electron chi connectivity index (χ2n) is 17.3. The fourth-order valence-electron chi connectivity index (χ4n) is 7.36. The number of fused-ring (bicyclic) bond motifs is 2. The zero-order chi connectivity index (χ0) is 44.3. The van der Waals surface area contributed by atoms with E-state index in [1.54, 1.807) is 34.1 Å². The van der Waals surface area contributed by atoms with Crippen LogP contribution in [0.2, 0.25) is 10.0 Å². The molecule has 4 heterocycles. The molecule has 0 bridgehead atoms. The zero-order valence-electron chi connectivity index (χ0n) is 35.3. The average molecular weight is 886 g/mol. The van der Waals surface area contributed by atoms with Gasteiger partial charge in [-0.3, -0.25) is 0 Å². The molecule has 4 aromatic carbocycles. The standard InChI is InChI=1S/2C23H24ClFN4O2/c2*1-23(2,3)31-22(30)29-10-9-15(12-29)14-7-8-18-16(11-14)21(27-13-26-18)28-19-6-4-5-17(24)20(19)25/h2*4-8,11,13,15H,9-10,12H2,1-3H3,(H,26,27,28)/t15-;/m0./s1. The van der Waals surface area contributed by atoms with E-state index in [-0.39, 0.29) is 45.4 Å². The Labute approximate surface area is 369 Å². The number of rotatable bonds is 6. The summed E-state index contributed by atoms with van der Waals surface area (Å²) < 4.78 is 39.7. The van der Waals surface area contributed by atoms with E-state index in [2.05, 4.69) is 30.6 Å². The minimum atomic E-state index is -0.532. The molecule has 324 valence electrons. The summed E-state index contributed by atoms with van der Waals surface area (Å²) in [5.41, 5.74) is 3.07. The molecule has 0 spiro atoms. The van der Waals surface area contributed by atoms with Crippen LogP contribution in [0.25, 0.3) is 21.8 Å². The fraction of sp³-hybridized carbons (Fsp3) is 0.348. The van der Waals surface area contributed by atoms with E-state index in [0.29, 0.717) is 37.8 Å². The molecule has 12 nitrogen and oxygen atoms in total. The number of carbonyl (C=O) groups excluding carboxylic acids is 2. The molecule has 8 rings (SSSR count). The van der Waals surface area contributed by atoms with Gasteiger partial charge in [-0.05, 0) is 114 Å². The quantitative estimate of drug-likeness (QED) is 0.166. The molecule has 2 aliphatic rings. The number of nitrogens with one attached hydrogen (secondary N) is 2. The van der Waals surface area contributed by atoms with Crippen LogP contribution in [0.15, 0.2) is 85.5 Å². The number of hydrogen-bond acceptors (Lipinski definition) is 10. The topological polar surface area (TPSA) is 135 Å². The Kier molecular flexibility index (Phi) is 13.0. The van der Waals surface area contributed by atoms with Crippen molar-refractivity contribution < 1.29 is 27.8 Å². The number of carbonyl (C=O) groups is 2. The third-order valence-electron chi connectivity index (χ3n) is 10.4. The third kappa shape index (κ3) is 10.6. The van der Waals surface area contributed by atoms with Crippen molar-refractivity contribution in [3.05, 3.63) is 118 Å². The van der Waals surface area contributed by atoms with E-state index in [4.69, 9.17) is 32.7 Å². The number of hydrogen-bond donors (Lipinski definition) is 2. The molecule has 0 radical (unpaired) electrons. The molecule has 1 unspecified atom stereocenters. The molecule has 0 saturated carbocycles. The highest BCUT2D eigenvalue weighted by molar-refractivity contribution is 6.31. The summed E-state index contributed by atoms with van der Waals surface area (Å²) in [5.74, 6) is 0.276. The summed E-state index contributed by atoms with van der Waals surface area (Å²) in [4.78, 5) is 45.5. The molecule has 2 amide bonds. The van der Waals surface area contributed by atoms with E-state index >= 15 is 0 Å². The lowest BCUT2D eigenvalue weighted by Gasteiger charge is -2.24. The largest absolute Gasteiger partial charge is 0.444 e. The van der Waals surface area contributed by atoms with Crippen molar-refractivity contribution in [2.24, 2.45) is 0 Å². The van der Waals surface area contributed by atoms with Gasteiger partial charge in [0.1, 0.15) is 35.5 Å². The number of amides is 2. The Morgan fingerprint density at radius 1 is 0.629 bits per heavy atom. The maximum Gasteiger partial charge on any atom is 0.410 e. The van der Waals surface area contributed by atoms with Gasteiger partial charge in [-0.25, -0.2) is 38.3 Å². The van der Waals surface area contributed by atoms with Crippen LogP contribution >= 0.6 is 23.2 Å². The highest BCUT2D eigenvalue weighted by Gasteiger charge is 2.32. The number of benzene rings is 4. The van der Waals surface area contributed by atoms with Crippen LogP contribution in [-0.2, 0) is 9.47 Å². The van der Waals surface area contributed by atoms with Crippen molar-refractivity contribution in [3.8, 4) is 0 Å². The van der Waals surface area contributed by atoms with Gasteiger partial charge in [0.25, 0.3) is 0 Å². The maximum atomic E-state index is 14.4. The lowest BCUT2D eigenvalue weighted by atomic mass is 9.97. The van der Waals surface area contributed by atoms with Crippen molar-refractivity contribution in [2.45, 2.75) is 77.4 Å². The number of anilines is 4. The van der Waals surface area contributed by atoms with Crippen LogP contribution in [0.5, 0.6) is 0 Å². The Balaban J connectivity index is 0.000000186. The molecule has 6 aromatic rings. The number of likely N-dealkylation sites (tertiary alicyclic amines) is 2. The summed E-state index contributed by atoms with van der Waals surface area (Å²) >= 11 is 11.8. The minimum absolute atomic E-state index is 0.0391. The number of nitrogens with zero attached hydrogens (tertiary/aromatic N) is 6. The van der Waals surface area contributed by atoms with Crippen LogP contribution in [0.3, 0.4) is 0 Å². The smallest absolute Gasteiger partial charge is 0.410 e. The van der Waals surface area contributed by atoms with Crippen LogP contribution in [-0.4, -0.2) is 79.3 Å². The molecule has 2 aromatic heterocycles. The van der Waals surface area contributed by atoms with E-state index in [0.717, 1.165) is 45.8 Å². The predicted molar refractivity (Wildman–Crippen MR) is 239 cm³/mol. The van der Waals surface area contributed by atoms with Gasteiger partial charge in [-0.15, -0.1) is 0 Å². The second-order valence-corrected chi connectivity index (χ2v) is 18.1. The van der Waals surface area contributed by atoms with E-state index < -0.39 is 22.8 Å². The SMILES string of the molecule is CC(C)(C)OC(=O)N1CCC(c2ccc3ncnc(Nc4cccc(Cl)c4F)c3c2)C1.CC(C)(C)OC(=O)N1CC[C@H](c2ccc3ncnc(Nc4cccc(Cl)c4F)c3c2)C1. The molecular formula is C46H48Cl2F2N8O4. The van der Waals surface area contributed by atoms with Gasteiger partial charge in [0.15, 0.2) is 11.6 Å². The first-order chi connectivity index (χ1) is 29.4. The highest BCUT2D eigenvalue weighted by Crippen LogP contribution is 2.35. The molecule has 2 atom stereocenters. The van der Waals surface area contributed by atoms with Crippen molar-refractivity contribution in [2.75, 3.05) is 36.8 Å². The van der Waals surface area contributed by atoms with Gasteiger partial charge in [0.05, 0.1) is 32.5 Å². The fourth-order valence-corrected chi connectivity index (χ4v) is 7.71. The molecule has 2 N–H and O–H groups in total. The van der Waals surface area contributed by atoms with E-state index in [1.807, 2.05) is 77.9 Å². The molecule has 16 heteroatoms. The van der Waals surface area contributed by atoms with Gasteiger partial charge < -0.3 is 29.9 Å². The molecular weight excluding hydrogens is 837 g/mol. The Morgan fingerprint density at radius 2 is 1.03 bits per heavy atom.